The number of pyridine rings is 1. The molecule has 0 spiro atoms. The summed E-state index contributed by atoms with van der Waals surface area (Å²) in [5.74, 6) is 0.0132. The normalized spacial score (nSPS) is 10.8. The summed E-state index contributed by atoms with van der Waals surface area (Å²) in [5.41, 5.74) is 7.84. The largest absolute Gasteiger partial charge is 0.494 e. The highest BCUT2D eigenvalue weighted by molar-refractivity contribution is 5.76. The fraction of sp³-hybridized carbons (Fsp3) is 0.0769. The maximum Gasteiger partial charge on any atom is 0.207 e. The molecule has 0 bridgehead atoms. The zero-order chi connectivity index (χ0) is 13.4. The van der Waals surface area contributed by atoms with Crippen molar-refractivity contribution in [1.29, 1.82) is 0 Å². The third-order valence-corrected chi connectivity index (χ3v) is 2.83. The third-order valence-electron chi connectivity index (χ3n) is 2.83. The first-order valence-electron chi connectivity index (χ1n) is 5.63. The van der Waals surface area contributed by atoms with Gasteiger partial charge >= 0.3 is 0 Å². The molecule has 0 saturated heterocycles. The Bertz CT molecular complexity index is 753. The quantitative estimate of drug-likeness (QED) is 0.764. The molecule has 0 atom stereocenters. The van der Waals surface area contributed by atoms with Gasteiger partial charge in [0.05, 0.1) is 12.8 Å². The van der Waals surface area contributed by atoms with Crippen molar-refractivity contribution < 1.29 is 9.13 Å². The fourth-order valence-corrected chi connectivity index (χ4v) is 1.97. The first-order chi connectivity index (χ1) is 9.20. The number of anilines is 1. The summed E-state index contributed by atoms with van der Waals surface area (Å²) in [7, 11) is 1.41. The van der Waals surface area contributed by atoms with E-state index in [1.807, 2.05) is 6.07 Å². The van der Waals surface area contributed by atoms with Gasteiger partial charge in [-0.2, -0.15) is 0 Å². The lowest BCUT2D eigenvalue weighted by molar-refractivity contribution is 0.386. The predicted octanol–water partition coefficient (Wildman–Crippen LogP) is 2.15. The number of rotatable bonds is 2. The average Bonchev–Trinajstić information content (AvgIpc) is 2.75. The van der Waals surface area contributed by atoms with Gasteiger partial charge in [-0.15, -0.1) is 0 Å². The van der Waals surface area contributed by atoms with Gasteiger partial charge in [0.25, 0.3) is 0 Å². The average molecular weight is 258 g/mol. The van der Waals surface area contributed by atoms with Crippen molar-refractivity contribution in [2.45, 2.75) is 0 Å². The zero-order valence-electron chi connectivity index (χ0n) is 10.2. The van der Waals surface area contributed by atoms with Gasteiger partial charge in [0.2, 0.25) is 5.95 Å². The van der Waals surface area contributed by atoms with E-state index in [-0.39, 0.29) is 5.75 Å². The van der Waals surface area contributed by atoms with Crippen LogP contribution in [-0.4, -0.2) is 21.6 Å². The van der Waals surface area contributed by atoms with E-state index in [1.54, 1.807) is 29.0 Å². The Morgan fingerprint density at radius 1 is 1.32 bits per heavy atom. The smallest absolute Gasteiger partial charge is 0.207 e. The molecule has 3 rings (SSSR count). The monoisotopic (exact) mass is 258 g/mol. The second kappa shape index (κ2) is 4.24. The van der Waals surface area contributed by atoms with Gasteiger partial charge < -0.3 is 10.5 Å². The molecule has 0 aliphatic heterocycles. The van der Waals surface area contributed by atoms with E-state index in [1.165, 1.54) is 13.2 Å². The minimum Gasteiger partial charge on any atom is -0.494 e. The molecule has 1 aromatic carbocycles. The van der Waals surface area contributed by atoms with E-state index in [0.29, 0.717) is 22.8 Å². The number of nitrogens with two attached hydrogens (primary N) is 1. The van der Waals surface area contributed by atoms with Crippen molar-refractivity contribution in [3.63, 3.8) is 0 Å². The molecule has 2 N–H and O–H groups in total. The van der Waals surface area contributed by atoms with Crippen LogP contribution in [0.25, 0.3) is 16.9 Å². The lowest BCUT2D eigenvalue weighted by Gasteiger charge is -2.08. The van der Waals surface area contributed by atoms with Crippen molar-refractivity contribution in [2.75, 3.05) is 12.8 Å². The second-order valence-corrected chi connectivity index (χ2v) is 3.97. The molecule has 0 fully saturated rings. The van der Waals surface area contributed by atoms with E-state index in [4.69, 9.17) is 10.5 Å². The highest BCUT2D eigenvalue weighted by Crippen LogP contribution is 2.25. The Balaban J connectivity index is 2.27. The van der Waals surface area contributed by atoms with Crippen molar-refractivity contribution in [3.05, 3.63) is 42.3 Å². The molecular weight excluding hydrogens is 247 g/mol. The van der Waals surface area contributed by atoms with Crippen LogP contribution in [-0.2, 0) is 0 Å². The Morgan fingerprint density at radius 3 is 2.95 bits per heavy atom. The van der Waals surface area contributed by atoms with E-state index in [9.17, 15) is 4.39 Å². The zero-order valence-corrected chi connectivity index (χ0v) is 10.2. The van der Waals surface area contributed by atoms with Crippen LogP contribution in [0.3, 0.4) is 0 Å². The van der Waals surface area contributed by atoms with Gasteiger partial charge in [-0.25, -0.2) is 14.4 Å². The number of nitrogen functional groups attached to an aromatic ring is 1. The Hall–Kier alpha value is -2.63. The van der Waals surface area contributed by atoms with Crippen LogP contribution in [0.1, 0.15) is 0 Å². The molecule has 0 aliphatic carbocycles. The number of methoxy groups -OCH3 is 1. The van der Waals surface area contributed by atoms with Crippen LogP contribution >= 0.6 is 0 Å². The van der Waals surface area contributed by atoms with Gasteiger partial charge in [0.15, 0.2) is 17.2 Å². The van der Waals surface area contributed by atoms with Crippen LogP contribution in [0, 0.1) is 5.82 Å². The molecule has 0 amide bonds. The molecule has 0 saturated carbocycles. The second-order valence-electron chi connectivity index (χ2n) is 3.97. The number of nitrogens with zero attached hydrogens (tertiary/aromatic N) is 3. The van der Waals surface area contributed by atoms with Crippen LogP contribution in [0.15, 0.2) is 36.5 Å². The highest BCUT2D eigenvalue weighted by Gasteiger charge is 2.12. The van der Waals surface area contributed by atoms with Crippen LogP contribution in [0.4, 0.5) is 10.3 Å². The first-order valence-corrected chi connectivity index (χ1v) is 5.63. The molecule has 0 unspecified atom stereocenters. The van der Waals surface area contributed by atoms with Crippen LogP contribution < -0.4 is 10.5 Å². The molecule has 5 nitrogen and oxygen atoms in total. The molecule has 6 heteroatoms. The van der Waals surface area contributed by atoms with Crippen LogP contribution in [0.5, 0.6) is 5.75 Å². The number of benzene rings is 1. The number of aromatic nitrogens is 3. The molecule has 2 aromatic heterocycles. The Kier molecular flexibility index (Phi) is 2.56. The Morgan fingerprint density at radius 2 is 2.16 bits per heavy atom. The lowest BCUT2D eigenvalue weighted by Crippen LogP contribution is -2.02. The maximum atomic E-state index is 13.4. The number of ether oxygens (including phenoxy) is 1. The Labute approximate surface area is 108 Å². The summed E-state index contributed by atoms with van der Waals surface area (Å²) in [5, 5.41) is 0. The fourth-order valence-electron chi connectivity index (χ4n) is 1.97. The minimum absolute atomic E-state index is 0.148. The number of halogens is 1. The predicted molar refractivity (Wildman–Crippen MR) is 69.8 cm³/mol. The molecule has 2 heterocycles. The van der Waals surface area contributed by atoms with Gasteiger partial charge in [-0.05, 0) is 24.3 Å². The summed E-state index contributed by atoms with van der Waals surface area (Å²) in [6.07, 6.45) is 1.65. The SMILES string of the molecule is COc1cc(-n2c(N)nc3cccnc32)ccc1F. The molecule has 0 radical (unpaired) electrons. The van der Waals surface area contributed by atoms with Crippen molar-refractivity contribution in [3.8, 4) is 11.4 Å². The van der Waals surface area contributed by atoms with E-state index < -0.39 is 5.82 Å². The molecule has 96 valence electrons. The first kappa shape index (κ1) is 11.5. The number of hydrogen-bond donors (Lipinski definition) is 1. The van der Waals surface area contributed by atoms with Gasteiger partial charge in [0, 0.05) is 12.3 Å². The highest BCUT2D eigenvalue weighted by atomic mass is 19.1. The van der Waals surface area contributed by atoms with Gasteiger partial charge in [-0.3, -0.25) is 4.57 Å². The summed E-state index contributed by atoms with van der Waals surface area (Å²) in [4.78, 5) is 8.45. The van der Waals surface area contributed by atoms with Crippen molar-refractivity contribution in [1.82, 2.24) is 14.5 Å². The summed E-state index contributed by atoms with van der Waals surface area (Å²) < 4.78 is 20.0. The van der Waals surface area contributed by atoms with Crippen LogP contribution in [0.2, 0.25) is 0 Å². The molecular formula is C13H11FN4O. The molecule has 19 heavy (non-hydrogen) atoms. The maximum absolute atomic E-state index is 13.4. The van der Waals surface area contributed by atoms with E-state index in [2.05, 4.69) is 9.97 Å². The minimum atomic E-state index is -0.429. The van der Waals surface area contributed by atoms with E-state index >= 15 is 0 Å². The van der Waals surface area contributed by atoms with Crippen molar-refractivity contribution in [2.24, 2.45) is 0 Å². The van der Waals surface area contributed by atoms with Gasteiger partial charge in [0.1, 0.15) is 5.52 Å². The van der Waals surface area contributed by atoms with Crippen molar-refractivity contribution >= 4 is 17.1 Å². The molecule has 0 aliphatic rings. The summed E-state index contributed by atoms with van der Waals surface area (Å²) in [6.45, 7) is 0. The van der Waals surface area contributed by atoms with Gasteiger partial charge in [-0.1, -0.05) is 0 Å². The van der Waals surface area contributed by atoms with E-state index in [0.717, 1.165) is 0 Å². The number of imidazole rings is 1. The lowest BCUT2D eigenvalue weighted by atomic mass is 10.3. The standard InChI is InChI=1S/C13H11FN4O/c1-19-11-7-8(4-5-9(11)14)18-12-10(17-13(18)15)3-2-6-16-12/h2-7H,1H3,(H2,15,17). The topological polar surface area (TPSA) is 66.0 Å². The summed E-state index contributed by atoms with van der Waals surface area (Å²) in [6, 6.07) is 8.08. The number of hydrogen-bond acceptors (Lipinski definition) is 4. The summed E-state index contributed by atoms with van der Waals surface area (Å²) >= 11 is 0. The third kappa shape index (κ3) is 1.77. The molecule has 3 aromatic rings. The number of fused-ring (bicyclic) bond motifs is 1.